The number of methoxy groups -OCH3 is 1. The summed E-state index contributed by atoms with van der Waals surface area (Å²) in [5.74, 6) is 0.956. The van der Waals surface area contributed by atoms with Crippen LogP contribution in [-0.2, 0) is 10.0 Å². The lowest BCUT2D eigenvalue weighted by atomic mass is 10.2. The molecule has 1 fully saturated rings. The molecular weight excluding hydrogens is 408 g/mol. The van der Waals surface area contributed by atoms with E-state index in [0.717, 1.165) is 25.7 Å². The summed E-state index contributed by atoms with van der Waals surface area (Å²) in [6.07, 6.45) is 3.68. The largest absolute Gasteiger partial charge is 0.495 e. The van der Waals surface area contributed by atoms with Gasteiger partial charge in [0.15, 0.2) is 11.5 Å². The maximum atomic E-state index is 13.3. The van der Waals surface area contributed by atoms with Gasteiger partial charge < -0.3 is 19.5 Å². The highest BCUT2D eigenvalue weighted by molar-refractivity contribution is 7.89. The van der Waals surface area contributed by atoms with Gasteiger partial charge >= 0.3 is 0 Å². The summed E-state index contributed by atoms with van der Waals surface area (Å²) in [7, 11) is -2.35. The Hall–Kier alpha value is -2.78. The van der Waals surface area contributed by atoms with E-state index in [1.54, 1.807) is 24.3 Å². The van der Waals surface area contributed by atoms with Crippen molar-refractivity contribution in [2.24, 2.45) is 0 Å². The summed E-state index contributed by atoms with van der Waals surface area (Å²) in [6.45, 7) is 1.08. The van der Waals surface area contributed by atoms with E-state index in [1.807, 2.05) is 0 Å². The second-order valence-electron chi connectivity index (χ2n) is 7.21. The predicted molar refractivity (Wildman–Crippen MR) is 111 cm³/mol. The maximum Gasteiger partial charge on any atom is 0.255 e. The quantitative estimate of drug-likeness (QED) is 0.780. The van der Waals surface area contributed by atoms with Crippen molar-refractivity contribution in [3.05, 3.63) is 42.0 Å². The van der Waals surface area contributed by atoms with Crippen molar-refractivity contribution in [3.8, 4) is 17.2 Å². The number of rotatable bonds is 5. The zero-order chi connectivity index (χ0) is 21.1. The summed E-state index contributed by atoms with van der Waals surface area (Å²) in [6, 6.07) is 9.51. The van der Waals surface area contributed by atoms with Gasteiger partial charge in [0.05, 0.1) is 7.11 Å². The van der Waals surface area contributed by atoms with E-state index in [4.69, 9.17) is 14.2 Å². The molecule has 2 aliphatic heterocycles. The molecule has 2 aromatic carbocycles. The van der Waals surface area contributed by atoms with Crippen molar-refractivity contribution in [2.45, 2.75) is 30.6 Å². The first-order valence-corrected chi connectivity index (χ1v) is 11.3. The zero-order valence-corrected chi connectivity index (χ0v) is 17.5. The van der Waals surface area contributed by atoms with Crippen molar-refractivity contribution in [2.75, 3.05) is 32.3 Å². The highest BCUT2D eigenvalue weighted by atomic mass is 32.2. The van der Waals surface area contributed by atoms with Gasteiger partial charge in [0.1, 0.15) is 10.6 Å². The van der Waals surface area contributed by atoms with Crippen LogP contribution in [0, 0.1) is 0 Å². The molecule has 4 rings (SSSR count). The molecule has 2 aliphatic rings. The van der Waals surface area contributed by atoms with Gasteiger partial charge in [-0.1, -0.05) is 12.8 Å². The first kappa shape index (κ1) is 20.5. The molecule has 2 aromatic rings. The Kier molecular flexibility index (Phi) is 5.83. The summed E-state index contributed by atoms with van der Waals surface area (Å²) >= 11 is 0. The molecule has 0 atom stereocenters. The molecule has 8 nitrogen and oxygen atoms in total. The highest BCUT2D eigenvalue weighted by Crippen LogP contribution is 2.34. The zero-order valence-electron chi connectivity index (χ0n) is 16.7. The van der Waals surface area contributed by atoms with Gasteiger partial charge in [-0.05, 0) is 43.2 Å². The number of sulfonamides is 1. The SMILES string of the molecule is COc1ccc(C(=O)Nc2ccc3c(c2)OCO3)cc1S(=O)(=O)N1CCCCCC1. The molecule has 0 aliphatic carbocycles. The van der Waals surface area contributed by atoms with Crippen LogP contribution in [0.15, 0.2) is 41.3 Å². The second-order valence-corrected chi connectivity index (χ2v) is 9.11. The first-order chi connectivity index (χ1) is 14.5. The number of carbonyl (C=O) groups is 1. The lowest BCUT2D eigenvalue weighted by molar-refractivity contribution is 0.102. The van der Waals surface area contributed by atoms with Crippen LogP contribution in [-0.4, -0.2) is 45.6 Å². The van der Waals surface area contributed by atoms with Crippen LogP contribution < -0.4 is 19.5 Å². The predicted octanol–water partition coefficient (Wildman–Crippen LogP) is 3.24. The van der Waals surface area contributed by atoms with Gasteiger partial charge in [-0.25, -0.2) is 8.42 Å². The Labute approximate surface area is 175 Å². The molecule has 9 heteroatoms. The average molecular weight is 432 g/mol. The van der Waals surface area contributed by atoms with E-state index in [1.165, 1.54) is 23.5 Å². The normalized spacial score (nSPS) is 16.7. The van der Waals surface area contributed by atoms with Crippen LogP contribution in [0.3, 0.4) is 0 Å². The molecule has 1 N–H and O–H groups in total. The van der Waals surface area contributed by atoms with Crippen molar-refractivity contribution in [1.82, 2.24) is 4.31 Å². The van der Waals surface area contributed by atoms with E-state index in [9.17, 15) is 13.2 Å². The van der Waals surface area contributed by atoms with E-state index < -0.39 is 15.9 Å². The number of fused-ring (bicyclic) bond motifs is 1. The molecule has 30 heavy (non-hydrogen) atoms. The number of amides is 1. The van der Waals surface area contributed by atoms with Gasteiger partial charge in [-0.2, -0.15) is 4.31 Å². The fourth-order valence-electron chi connectivity index (χ4n) is 3.62. The van der Waals surface area contributed by atoms with Gasteiger partial charge in [-0.15, -0.1) is 0 Å². The molecule has 0 saturated carbocycles. The molecular formula is C21H24N2O6S. The Morgan fingerprint density at radius 1 is 1.00 bits per heavy atom. The number of anilines is 1. The second kappa shape index (κ2) is 8.53. The molecule has 160 valence electrons. The minimum absolute atomic E-state index is 0.00485. The summed E-state index contributed by atoms with van der Waals surface area (Å²) in [5.41, 5.74) is 0.749. The Morgan fingerprint density at radius 3 is 2.47 bits per heavy atom. The third kappa shape index (κ3) is 4.08. The molecule has 0 unspecified atom stereocenters. The van der Waals surface area contributed by atoms with Crippen LogP contribution in [0.5, 0.6) is 17.2 Å². The molecule has 0 aromatic heterocycles. The molecule has 0 radical (unpaired) electrons. The number of ether oxygens (including phenoxy) is 3. The standard InChI is InChI=1S/C21H24N2O6S/c1-27-18-8-6-15(12-20(18)30(25,26)23-10-4-2-3-5-11-23)21(24)22-16-7-9-17-19(13-16)29-14-28-17/h6-9,12-13H,2-5,10-11,14H2,1H3,(H,22,24). The molecule has 1 amide bonds. The Morgan fingerprint density at radius 2 is 1.73 bits per heavy atom. The lowest BCUT2D eigenvalue weighted by Crippen LogP contribution is -2.32. The molecule has 2 heterocycles. The van der Waals surface area contributed by atoms with Crippen LogP contribution in [0.4, 0.5) is 5.69 Å². The summed E-state index contributed by atoms with van der Waals surface area (Å²) in [4.78, 5) is 12.8. The number of nitrogens with zero attached hydrogens (tertiary/aromatic N) is 1. The molecule has 0 bridgehead atoms. The first-order valence-electron chi connectivity index (χ1n) is 9.88. The van der Waals surface area contributed by atoms with Crippen molar-refractivity contribution in [3.63, 3.8) is 0 Å². The van der Waals surface area contributed by atoms with Gasteiger partial charge in [0.2, 0.25) is 16.8 Å². The topological polar surface area (TPSA) is 94.2 Å². The fourth-order valence-corrected chi connectivity index (χ4v) is 5.32. The Bertz CT molecular complexity index is 1050. The number of benzene rings is 2. The van der Waals surface area contributed by atoms with E-state index in [-0.39, 0.29) is 23.0 Å². The maximum absolute atomic E-state index is 13.3. The minimum atomic E-state index is -3.77. The van der Waals surface area contributed by atoms with Crippen LogP contribution in [0.25, 0.3) is 0 Å². The van der Waals surface area contributed by atoms with E-state index >= 15 is 0 Å². The van der Waals surface area contributed by atoms with Gasteiger partial charge in [0.25, 0.3) is 5.91 Å². The number of carbonyl (C=O) groups excluding carboxylic acids is 1. The summed E-state index contributed by atoms with van der Waals surface area (Å²) in [5, 5.41) is 2.77. The van der Waals surface area contributed by atoms with Crippen molar-refractivity contribution < 1.29 is 27.4 Å². The van der Waals surface area contributed by atoms with Crippen LogP contribution >= 0.6 is 0 Å². The third-order valence-electron chi connectivity index (χ3n) is 5.24. The van der Waals surface area contributed by atoms with E-state index in [2.05, 4.69) is 5.32 Å². The van der Waals surface area contributed by atoms with Crippen molar-refractivity contribution in [1.29, 1.82) is 0 Å². The van der Waals surface area contributed by atoms with E-state index in [0.29, 0.717) is 30.3 Å². The van der Waals surface area contributed by atoms with Gasteiger partial charge in [-0.3, -0.25) is 4.79 Å². The number of hydrogen-bond acceptors (Lipinski definition) is 6. The van der Waals surface area contributed by atoms with Gasteiger partial charge in [0, 0.05) is 30.4 Å². The smallest absolute Gasteiger partial charge is 0.255 e. The van der Waals surface area contributed by atoms with Crippen LogP contribution in [0.2, 0.25) is 0 Å². The molecule has 1 saturated heterocycles. The lowest BCUT2D eigenvalue weighted by Gasteiger charge is -2.21. The number of nitrogens with one attached hydrogen (secondary N) is 1. The van der Waals surface area contributed by atoms with Crippen molar-refractivity contribution >= 4 is 21.6 Å². The summed E-state index contributed by atoms with van der Waals surface area (Å²) < 4.78 is 43.9. The molecule has 0 spiro atoms. The monoisotopic (exact) mass is 432 g/mol. The highest BCUT2D eigenvalue weighted by Gasteiger charge is 2.29. The van der Waals surface area contributed by atoms with Crippen LogP contribution in [0.1, 0.15) is 36.0 Å². The minimum Gasteiger partial charge on any atom is -0.495 e. The average Bonchev–Trinajstić information content (AvgIpc) is 3.03. The fraction of sp³-hybridized carbons (Fsp3) is 0.381. The third-order valence-corrected chi connectivity index (χ3v) is 7.16. The number of hydrogen-bond donors (Lipinski definition) is 1. The Balaban J connectivity index is 1.61.